The van der Waals surface area contributed by atoms with Crippen molar-refractivity contribution in [2.45, 2.75) is 89.3 Å². The molecule has 2 unspecified atom stereocenters. The highest BCUT2D eigenvalue weighted by Crippen LogP contribution is 2.21. The van der Waals surface area contributed by atoms with Crippen molar-refractivity contribution < 1.29 is 4.74 Å². The summed E-state index contributed by atoms with van der Waals surface area (Å²) >= 11 is 1.75. The van der Waals surface area contributed by atoms with E-state index in [9.17, 15) is 0 Å². The average molecular weight is 405 g/mol. The number of ether oxygens (including phenoxy) is 1. The van der Waals surface area contributed by atoms with Gasteiger partial charge in [-0.3, -0.25) is 0 Å². The van der Waals surface area contributed by atoms with Crippen molar-refractivity contribution in [2.24, 2.45) is 11.7 Å². The molecular formula is C25H42NOS. The predicted molar refractivity (Wildman–Crippen MR) is 126 cm³/mol. The lowest BCUT2D eigenvalue weighted by Crippen LogP contribution is -2.19. The van der Waals surface area contributed by atoms with Gasteiger partial charge in [-0.15, -0.1) is 11.8 Å². The van der Waals surface area contributed by atoms with Crippen molar-refractivity contribution in [1.82, 2.24) is 0 Å². The molecule has 2 atom stereocenters. The molecule has 0 saturated heterocycles. The molecular weight excluding hydrogens is 362 g/mol. The fraction of sp³-hybridized carbons (Fsp3) is 0.680. The van der Waals surface area contributed by atoms with Crippen molar-refractivity contribution >= 4 is 11.8 Å². The minimum absolute atomic E-state index is 0.242. The van der Waals surface area contributed by atoms with E-state index in [0.717, 1.165) is 25.2 Å². The van der Waals surface area contributed by atoms with E-state index in [1.54, 1.807) is 11.8 Å². The molecule has 2 N–H and O–H groups in total. The van der Waals surface area contributed by atoms with E-state index >= 15 is 0 Å². The second-order valence-corrected chi connectivity index (χ2v) is 8.80. The van der Waals surface area contributed by atoms with Gasteiger partial charge in [0.25, 0.3) is 0 Å². The zero-order chi connectivity index (χ0) is 20.3. The molecule has 1 rings (SSSR count). The monoisotopic (exact) mass is 404 g/mol. The van der Waals surface area contributed by atoms with Crippen LogP contribution in [0.2, 0.25) is 0 Å². The molecule has 1 radical (unpaired) electrons. The molecule has 0 fully saturated rings. The van der Waals surface area contributed by atoms with Gasteiger partial charge in [-0.25, -0.2) is 0 Å². The summed E-state index contributed by atoms with van der Waals surface area (Å²) in [5.74, 6) is 1.52. The molecule has 2 nitrogen and oxygen atoms in total. The number of hydrogen-bond donors (Lipinski definition) is 1. The molecule has 0 bridgehead atoms. The maximum Gasteiger partial charge on any atom is 0.119 e. The third-order valence-electron chi connectivity index (χ3n) is 5.21. The first-order chi connectivity index (χ1) is 13.8. The molecule has 0 heterocycles. The molecule has 0 aliphatic rings. The van der Waals surface area contributed by atoms with Crippen molar-refractivity contribution in [3.63, 3.8) is 0 Å². The second-order valence-electron chi connectivity index (χ2n) is 7.72. The minimum atomic E-state index is 0.242. The molecule has 0 spiro atoms. The Kier molecular flexibility index (Phi) is 16.2. The van der Waals surface area contributed by atoms with E-state index in [0.29, 0.717) is 5.92 Å². The van der Waals surface area contributed by atoms with Crippen LogP contribution in [0.1, 0.15) is 84.0 Å². The summed E-state index contributed by atoms with van der Waals surface area (Å²) in [6.45, 7) is 3.06. The lowest BCUT2D eigenvalue weighted by Gasteiger charge is -2.19. The van der Waals surface area contributed by atoms with Crippen LogP contribution in [-0.2, 0) is 0 Å². The van der Waals surface area contributed by atoms with Gasteiger partial charge in [0.2, 0.25) is 0 Å². The fourth-order valence-corrected chi connectivity index (χ4v) is 3.69. The number of hydrogen-bond acceptors (Lipinski definition) is 3. The van der Waals surface area contributed by atoms with E-state index in [2.05, 4.69) is 31.4 Å². The van der Waals surface area contributed by atoms with Gasteiger partial charge < -0.3 is 10.5 Å². The van der Waals surface area contributed by atoms with Gasteiger partial charge in [0, 0.05) is 0 Å². The number of thioether (sulfide) groups is 1. The molecule has 1 aromatic rings. The minimum Gasteiger partial charge on any atom is -0.493 e. The molecule has 0 aliphatic carbocycles. The lowest BCUT2D eigenvalue weighted by atomic mass is 9.97. The highest BCUT2D eigenvalue weighted by Gasteiger charge is 2.12. The summed E-state index contributed by atoms with van der Waals surface area (Å²) in [5.41, 5.74) is 6.10. The first-order valence-corrected chi connectivity index (χ1v) is 12.6. The van der Waals surface area contributed by atoms with Crippen LogP contribution in [0.15, 0.2) is 36.4 Å². The molecule has 0 aliphatic heterocycles. The van der Waals surface area contributed by atoms with Crippen LogP contribution in [0.3, 0.4) is 0 Å². The first-order valence-electron chi connectivity index (χ1n) is 11.3. The van der Waals surface area contributed by atoms with Crippen molar-refractivity contribution in [2.75, 3.05) is 12.9 Å². The van der Waals surface area contributed by atoms with Crippen LogP contribution in [0, 0.1) is 12.0 Å². The Labute approximate surface area is 178 Å². The van der Waals surface area contributed by atoms with Gasteiger partial charge >= 0.3 is 0 Å². The van der Waals surface area contributed by atoms with E-state index in [4.69, 9.17) is 10.5 Å². The quantitative estimate of drug-likeness (QED) is 0.157. The topological polar surface area (TPSA) is 35.2 Å². The van der Waals surface area contributed by atoms with Crippen LogP contribution >= 0.6 is 11.8 Å². The van der Waals surface area contributed by atoms with E-state index in [-0.39, 0.29) is 5.37 Å². The van der Waals surface area contributed by atoms with Crippen LogP contribution in [0.5, 0.6) is 5.75 Å². The largest absolute Gasteiger partial charge is 0.493 e. The zero-order valence-corrected chi connectivity index (χ0v) is 19.0. The van der Waals surface area contributed by atoms with E-state index in [1.807, 2.05) is 24.3 Å². The number of nitrogens with two attached hydrogens (primary N) is 1. The highest BCUT2D eigenvalue weighted by atomic mass is 32.2. The Morgan fingerprint density at radius 2 is 1.64 bits per heavy atom. The number of benzene rings is 1. The zero-order valence-electron chi connectivity index (χ0n) is 18.2. The van der Waals surface area contributed by atoms with Crippen molar-refractivity contribution in [1.29, 1.82) is 0 Å². The molecule has 3 heteroatoms. The highest BCUT2D eigenvalue weighted by molar-refractivity contribution is 7.99. The van der Waals surface area contributed by atoms with Crippen molar-refractivity contribution in [3.05, 3.63) is 42.5 Å². The number of allylic oxidation sites excluding steroid dienone is 2. The summed E-state index contributed by atoms with van der Waals surface area (Å²) in [6.07, 6.45) is 22.2. The summed E-state index contributed by atoms with van der Waals surface area (Å²) in [6, 6.07) is 10.8. The Balaban J connectivity index is 2.19. The second kappa shape index (κ2) is 18.1. The average Bonchev–Trinajstić information content (AvgIpc) is 2.73. The molecule has 28 heavy (non-hydrogen) atoms. The number of rotatable bonds is 18. The normalized spacial score (nSPS) is 13.7. The maximum absolute atomic E-state index is 6.10. The Morgan fingerprint density at radius 1 is 0.964 bits per heavy atom. The van der Waals surface area contributed by atoms with Crippen LogP contribution in [-0.4, -0.2) is 18.2 Å². The smallest absolute Gasteiger partial charge is 0.119 e. The summed E-state index contributed by atoms with van der Waals surface area (Å²) in [5, 5.41) is 0.242. The van der Waals surface area contributed by atoms with Gasteiger partial charge in [-0.1, -0.05) is 63.3 Å². The lowest BCUT2D eigenvalue weighted by molar-refractivity contribution is 0.227. The molecule has 0 amide bonds. The van der Waals surface area contributed by atoms with Gasteiger partial charge in [-0.2, -0.15) is 0 Å². The summed E-state index contributed by atoms with van der Waals surface area (Å²) < 4.78 is 6.00. The molecule has 0 aromatic heterocycles. The van der Waals surface area contributed by atoms with Crippen molar-refractivity contribution in [3.8, 4) is 5.75 Å². The summed E-state index contributed by atoms with van der Waals surface area (Å²) in [4.78, 5) is 0. The van der Waals surface area contributed by atoms with Crippen LogP contribution in [0.25, 0.3) is 0 Å². The van der Waals surface area contributed by atoms with Gasteiger partial charge in [0.15, 0.2) is 0 Å². The molecule has 159 valence electrons. The molecule has 0 saturated carbocycles. The van der Waals surface area contributed by atoms with E-state index in [1.165, 1.54) is 64.2 Å². The summed E-state index contributed by atoms with van der Waals surface area (Å²) in [7, 11) is 0. The molecule has 1 aromatic carbocycles. The SMILES string of the molecule is CCCCCCCC/C=C\CCCC(CCC(N)SC)COc1cc[c]cc1. The fourth-order valence-electron chi connectivity index (χ4n) is 3.31. The van der Waals surface area contributed by atoms with Gasteiger partial charge in [0.05, 0.1) is 12.0 Å². The van der Waals surface area contributed by atoms with Crippen LogP contribution < -0.4 is 10.5 Å². The third kappa shape index (κ3) is 14.1. The van der Waals surface area contributed by atoms with Crippen LogP contribution in [0.4, 0.5) is 0 Å². The third-order valence-corrected chi connectivity index (χ3v) is 6.05. The standard InChI is InChI=1S/C25H42NOS/c1-3-4-5-6-7-8-9-10-11-12-14-17-23(20-21-25(26)28-2)22-27-24-18-15-13-16-19-24/h10-11,15-16,18-19,23,25H,3-9,12,14,17,20-22,26H2,1-2H3/b11-10-. The Bertz CT molecular complexity index is 477. The Hall–Kier alpha value is -0.930. The first kappa shape index (κ1) is 25.1. The maximum atomic E-state index is 6.10. The Morgan fingerprint density at radius 3 is 2.36 bits per heavy atom. The van der Waals surface area contributed by atoms with E-state index < -0.39 is 0 Å². The van der Waals surface area contributed by atoms with Gasteiger partial charge in [-0.05, 0) is 75.3 Å². The van der Waals surface area contributed by atoms with Gasteiger partial charge in [0.1, 0.15) is 5.75 Å². The predicted octanol–water partition coefficient (Wildman–Crippen LogP) is 7.39. The number of unbranched alkanes of at least 4 members (excludes halogenated alkanes) is 7.